The summed E-state index contributed by atoms with van der Waals surface area (Å²) in [5.41, 5.74) is 1.69. The molecule has 5 heteroatoms. The van der Waals surface area contributed by atoms with Crippen LogP contribution >= 0.6 is 0 Å². The van der Waals surface area contributed by atoms with Gasteiger partial charge in [0.25, 0.3) is 0 Å². The smallest absolute Gasteiger partial charge is 0.326 e. The van der Waals surface area contributed by atoms with Crippen LogP contribution in [0.3, 0.4) is 0 Å². The number of H-pyrrole nitrogens is 1. The Morgan fingerprint density at radius 1 is 1.22 bits per heavy atom. The molecule has 23 heavy (non-hydrogen) atoms. The third-order valence-electron chi connectivity index (χ3n) is 5.71. The number of aromatic amines is 1. The second-order valence-electron chi connectivity index (χ2n) is 7.25. The molecule has 2 aromatic rings. The number of benzene rings is 1. The number of fused-ring (bicyclic) bond motifs is 1. The topological polar surface area (TPSA) is 58.1 Å². The van der Waals surface area contributed by atoms with Crippen LogP contribution in [0.15, 0.2) is 29.1 Å². The molecule has 0 atom stereocenters. The van der Waals surface area contributed by atoms with Crippen molar-refractivity contribution in [2.75, 3.05) is 13.1 Å². The monoisotopic (exact) mass is 313 g/mol. The fraction of sp³-hybridized carbons (Fsp3) is 0.556. The van der Waals surface area contributed by atoms with Crippen molar-refractivity contribution >= 4 is 16.9 Å². The van der Waals surface area contributed by atoms with Crippen LogP contribution in [-0.4, -0.2) is 33.4 Å². The molecule has 4 rings (SSSR count). The van der Waals surface area contributed by atoms with E-state index in [2.05, 4.69) is 11.9 Å². The lowest BCUT2D eigenvalue weighted by atomic mass is 9.69. The SMILES string of the molecule is CC1(C(=O)N2CCC(n3c(=O)[nH]c4ccccc43)CC2)CCC1. The Balaban J connectivity index is 1.52. The molecule has 1 aromatic heterocycles. The van der Waals surface area contributed by atoms with Crippen molar-refractivity contribution in [1.82, 2.24) is 14.5 Å². The molecular weight excluding hydrogens is 290 g/mol. The van der Waals surface area contributed by atoms with Gasteiger partial charge in [0, 0.05) is 24.5 Å². The van der Waals surface area contributed by atoms with Gasteiger partial charge in [-0.2, -0.15) is 0 Å². The van der Waals surface area contributed by atoms with Gasteiger partial charge in [-0.3, -0.25) is 9.36 Å². The van der Waals surface area contributed by atoms with E-state index in [4.69, 9.17) is 0 Å². The number of hydrogen-bond donors (Lipinski definition) is 1. The van der Waals surface area contributed by atoms with Crippen molar-refractivity contribution in [1.29, 1.82) is 0 Å². The van der Waals surface area contributed by atoms with Crippen molar-refractivity contribution < 1.29 is 4.79 Å². The summed E-state index contributed by atoms with van der Waals surface area (Å²) in [6.07, 6.45) is 4.91. The average molecular weight is 313 g/mol. The molecule has 2 fully saturated rings. The van der Waals surface area contributed by atoms with Crippen LogP contribution in [0.4, 0.5) is 0 Å². The van der Waals surface area contributed by atoms with E-state index in [0.29, 0.717) is 5.91 Å². The molecular formula is C18H23N3O2. The van der Waals surface area contributed by atoms with E-state index < -0.39 is 0 Å². The summed E-state index contributed by atoms with van der Waals surface area (Å²) in [6, 6.07) is 7.99. The van der Waals surface area contributed by atoms with Gasteiger partial charge in [0.1, 0.15) is 0 Å². The van der Waals surface area contributed by atoms with Gasteiger partial charge in [-0.1, -0.05) is 25.5 Å². The number of carbonyl (C=O) groups excluding carboxylic acids is 1. The average Bonchev–Trinajstić information content (AvgIpc) is 2.88. The van der Waals surface area contributed by atoms with E-state index in [1.807, 2.05) is 33.7 Å². The lowest BCUT2D eigenvalue weighted by molar-refractivity contribution is -0.147. The summed E-state index contributed by atoms with van der Waals surface area (Å²) in [6.45, 7) is 3.60. The van der Waals surface area contributed by atoms with Crippen LogP contribution in [-0.2, 0) is 4.79 Å². The van der Waals surface area contributed by atoms with Gasteiger partial charge in [0.05, 0.1) is 11.0 Å². The maximum atomic E-state index is 12.6. The van der Waals surface area contributed by atoms with Crippen LogP contribution in [0, 0.1) is 5.41 Å². The summed E-state index contributed by atoms with van der Waals surface area (Å²) in [7, 11) is 0. The fourth-order valence-corrected chi connectivity index (χ4v) is 4.07. The highest BCUT2D eigenvalue weighted by atomic mass is 16.2. The standard InChI is InChI=1S/C18H23N3O2/c1-18(9-4-10-18)16(22)20-11-7-13(8-12-20)21-15-6-3-2-5-14(15)19-17(21)23/h2-3,5-6,13H,4,7-12H2,1H3,(H,19,23). The molecule has 122 valence electrons. The summed E-state index contributed by atoms with van der Waals surface area (Å²) in [5.74, 6) is 0.313. The van der Waals surface area contributed by atoms with Crippen molar-refractivity contribution in [3.63, 3.8) is 0 Å². The van der Waals surface area contributed by atoms with E-state index in [-0.39, 0.29) is 17.1 Å². The third-order valence-corrected chi connectivity index (χ3v) is 5.71. The zero-order chi connectivity index (χ0) is 16.0. The maximum Gasteiger partial charge on any atom is 0.326 e. The van der Waals surface area contributed by atoms with Gasteiger partial charge in [0.2, 0.25) is 5.91 Å². The van der Waals surface area contributed by atoms with Crippen LogP contribution in [0.5, 0.6) is 0 Å². The number of piperidine rings is 1. The minimum absolute atomic E-state index is 0.0399. The number of para-hydroxylation sites is 2. The third kappa shape index (κ3) is 2.30. The van der Waals surface area contributed by atoms with Gasteiger partial charge in [-0.15, -0.1) is 0 Å². The number of nitrogens with one attached hydrogen (secondary N) is 1. The number of rotatable bonds is 2. The number of amides is 1. The first-order valence-corrected chi connectivity index (χ1v) is 8.57. The molecule has 1 aliphatic heterocycles. The van der Waals surface area contributed by atoms with Gasteiger partial charge in [0.15, 0.2) is 0 Å². The highest BCUT2D eigenvalue weighted by Crippen LogP contribution is 2.42. The predicted octanol–water partition coefficient (Wildman–Crippen LogP) is 2.68. The Bertz CT molecular complexity index is 792. The van der Waals surface area contributed by atoms with Crippen molar-refractivity contribution in [3.8, 4) is 0 Å². The van der Waals surface area contributed by atoms with Crippen LogP contribution < -0.4 is 5.69 Å². The molecule has 0 radical (unpaired) electrons. The van der Waals surface area contributed by atoms with E-state index in [9.17, 15) is 9.59 Å². The molecule has 1 aromatic carbocycles. The molecule has 1 N–H and O–H groups in total. The molecule has 2 heterocycles. The predicted molar refractivity (Wildman–Crippen MR) is 89.4 cm³/mol. The number of aromatic nitrogens is 2. The van der Waals surface area contributed by atoms with Gasteiger partial charge in [-0.05, 0) is 37.8 Å². The lowest BCUT2D eigenvalue weighted by Gasteiger charge is -2.43. The van der Waals surface area contributed by atoms with Crippen molar-refractivity contribution in [2.24, 2.45) is 5.41 Å². The summed E-state index contributed by atoms with van der Waals surface area (Å²) in [5, 5.41) is 0. The molecule has 0 unspecified atom stereocenters. The molecule has 5 nitrogen and oxygen atoms in total. The quantitative estimate of drug-likeness (QED) is 0.926. The highest BCUT2D eigenvalue weighted by Gasteiger charge is 2.42. The van der Waals surface area contributed by atoms with E-state index >= 15 is 0 Å². The van der Waals surface area contributed by atoms with Gasteiger partial charge in [-0.25, -0.2) is 4.79 Å². The second kappa shape index (κ2) is 5.25. The minimum atomic E-state index is -0.121. The molecule has 1 aliphatic carbocycles. The minimum Gasteiger partial charge on any atom is -0.342 e. The molecule has 1 amide bonds. The van der Waals surface area contributed by atoms with Crippen molar-refractivity contribution in [3.05, 3.63) is 34.7 Å². The normalized spacial score (nSPS) is 21.3. The Hall–Kier alpha value is -2.04. The second-order valence-corrected chi connectivity index (χ2v) is 7.25. The fourth-order valence-electron chi connectivity index (χ4n) is 4.07. The van der Waals surface area contributed by atoms with Gasteiger partial charge < -0.3 is 9.88 Å². The molecule has 1 saturated carbocycles. The highest BCUT2D eigenvalue weighted by molar-refractivity contribution is 5.83. The molecule has 0 bridgehead atoms. The van der Waals surface area contributed by atoms with Crippen LogP contribution in [0.2, 0.25) is 0 Å². The Morgan fingerprint density at radius 3 is 2.57 bits per heavy atom. The first kappa shape index (κ1) is 14.5. The Morgan fingerprint density at radius 2 is 1.91 bits per heavy atom. The molecule has 0 spiro atoms. The van der Waals surface area contributed by atoms with E-state index in [1.54, 1.807) is 0 Å². The number of carbonyl (C=O) groups is 1. The maximum absolute atomic E-state index is 12.6. The van der Waals surface area contributed by atoms with E-state index in [1.165, 1.54) is 6.42 Å². The zero-order valence-corrected chi connectivity index (χ0v) is 13.5. The first-order valence-electron chi connectivity index (χ1n) is 8.57. The van der Waals surface area contributed by atoms with Crippen molar-refractivity contribution in [2.45, 2.75) is 45.1 Å². The summed E-state index contributed by atoms with van der Waals surface area (Å²) in [4.78, 5) is 29.9. The van der Waals surface area contributed by atoms with Gasteiger partial charge >= 0.3 is 5.69 Å². The molecule has 2 aliphatic rings. The number of imidazole rings is 1. The summed E-state index contributed by atoms with van der Waals surface area (Å²) < 4.78 is 1.88. The number of hydrogen-bond acceptors (Lipinski definition) is 2. The van der Waals surface area contributed by atoms with E-state index in [0.717, 1.165) is 49.8 Å². The zero-order valence-electron chi connectivity index (χ0n) is 13.5. The lowest BCUT2D eigenvalue weighted by Crippen LogP contribution is -2.49. The van der Waals surface area contributed by atoms with Crippen LogP contribution in [0.25, 0.3) is 11.0 Å². The first-order chi connectivity index (χ1) is 11.1. The largest absolute Gasteiger partial charge is 0.342 e. The molecule has 1 saturated heterocycles. The number of nitrogens with zero attached hydrogens (tertiary/aromatic N) is 2. The number of likely N-dealkylation sites (tertiary alicyclic amines) is 1. The summed E-state index contributed by atoms with van der Waals surface area (Å²) >= 11 is 0. The Kier molecular flexibility index (Phi) is 3.32. The van der Waals surface area contributed by atoms with Crippen LogP contribution in [0.1, 0.15) is 45.1 Å². The Labute approximate surface area is 135 Å².